The summed E-state index contributed by atoms with van der Waals surface area (Å²) in [5.74, 6) is 1.25. The maximum atomic E-state index is 11.7. The maximum Gasteiger partial charge on any atom is 0.128 e. The van der Waals surface area contributed by atoms with Gasteiger partial charge in [0, 0.05) is 24.2 Å². The lowest BCUT2D eigenvalue weighted by Gasteiger charge is -2.36. The van der Waals surface area contributed by atoms with Crippen molar-refractivity contribution in [1.29, 1.82) is 0 Å². The summed E-state index contributed by atoms with van der Waals surface area (Å²) in [7, 11) is 1.66. The number of rotatable bonds is 9. The molecule has 0 saturated carbocycles. The Morgan fingerprint density at radius 3 is 2.34 bits per heavy atom. The highest BCUT2D eigenvalue weighted by atomic mass is 16.5. The molecule has 1 unspecified atom stereocenters. The van der Waals surface area contributed by atoms with Crippen LogP contribution in [0.3, 0.4) is 0 Å². The molecule has 1 fully saturated rings. The Balaban J connectivity index is 1.89. The number of morpholine rings is 1. The molecular weight excluding hydrogens is 438 g/mol. The SMILES string of the molecule is C=CCc1cc(-c2ccc(O)c(CC=C)c2)c(O)c(C(c2ccc(OC)cc2)N2CCOCC2)c1. The van der Waals surface area contributed by atoms with Crippen LogP contribution in [0.1, 0.15) is 28.3 Å². The van der Waals surface area contributed by atoms with Crippen molar-refractivity contribution in [3.63, 3.8) is 0 Å². The van der Waals surface area contributed by atoms with Gasteiger partial charge in [-0.05, 0) is 71.5 Å². The third-order valence-electron chi connectivity index (χ3n) is 6.47. The van der Waals surface area contributed by atoms with Gasteiger partial charge in [-0.3, -0.25) is 4.90 Å². The van der Waals surface area contributed by atoms with Crippen LogP contribution in [-0.2, 0) is 17.6 Å². The van der Waals surface area contributed by atoms with E-state index in [2.05, 4.69) is 36.3 Å². The molecule has 1 aliphatic rings. The number of hydrogen-bond donors (Lipinski definition) is 2. The highest BCUT2D eigenvalue weighted by molar-refractivity contribution is 5.75. The minimum Gasteiger partial charge on any atom is -0.508 e. The highest BCUT2D eigenvalue weighted by Gasteiger charge is 2.28. The van der Waals surface area contributed by atoms with E-state index in [1.165, 1.54) is 0 Å². The van der Waals surface area contributed by atoms with E-state index in [1.54, 1.807) is 19.3 Å². The van der Waals surface area contributed by atoms with Crippen molar-refractivity contribution in [2.45, 2.75) is 18.9 Å². The number of phenolic OH excluding ortho intramolecular Hbond substituents is 2. The zero-order chi connectivity index (χ0) is 24.8. The van der Waals surface area contributed by atoms with E-state index in [4.69, 9.17) is 9.47 Å². The number of benzene rings is 3. The summed E-state index contributed by atoms with van der Waals surface area (Å²) in [5.41, 5.74) is 5.32. The van der Waals surface area contributed by atoms with Gasteiger partial charge in [-0.2, -0.15) is 0 Å². The van der Waals surface area contributed by atoms with E-state index in [0.29, 0.717) is 26.1 Å². The molecule has 0 aromatic heterocycles. The molecule has 182 valence electrons. The fraction of sp³-hybridized carbons (Fsp3) is 0.267. The zero-order valence-corrected chi connectivity index (χ0v) is 20.2. The number of aromatic hydroxyl groups is 2. The first kappa shape index (κ1) is 24.6. The average molecular weight is 472 g/mol. The van der Waals surface area contributed by atoms with Gasteiger partial charge in [0.1, 0.15) is 17.2 Å². The molecule has 1 saturated heterocycles. The molecular formula is C30H33NO4. The molecule has 35 heavy (non-hydrogen) atoms. The van der Waals surface area contributed by atoms with Crippen LogP contribution in [0, 0.1) is 0 Å². The standard InChI is InChI=1S/C30H33NO4/c1-4-6-21-18-26(23-10-13-28(32)24(20-23)7-5-2)30(33)27(19-21)29(31-14-16-35-17-15-31)22-8-11-25(34-3)12-9-22/h4-5,8-13,18-20,29,32-33H,1-2,6-7,14-17H2,3H3. The quantitative estimate of drug-likeness (QED) is 0.395. The molecule has 1 atom stereocenters. The largest absolute Gasteiger partial charge is 0.508 e. The van der Waals surface area contributed by atoms with Gasteiger partial charge < -0.3 is 19.7 Å². The summed E-state index contributed by atoms with van der Waals surface area (Å²) in [6.07, 6.45) is 4.85. The average Bonchev–Trinajstić information content (AvgIpc) is 2.88. The monoisotopic (exact) mass is 471 g/mol. The molecule has 0 spiro atoms. The number of allylic oxidation sites excluding steroid dienone is 2. The van der Waals surface area contributed by atoms with Crippen LogP contribution in [-0.4, -0.2) is 48.5 Å². The Hall–Kier alpha value is -3.54. The third kappa shape index (κ3) is 5.42. The number of phenols is 2. The predicted octanol–water partition coefficient (Wildman–Crippen LogP) is 5.65. The van der Waals surface area contributed by atoms with Crippen LogP contribution in [0.2, 0.25) is 0 Å². The summed E-state index contributed by atoms with van der Waals surface area (Å²) in [5, 5.41) is 22.0. The minimum absolute atomic E-state index is 0.155. The van der Waals surface area contributed by atoms with Crippen molar-refractivity contribution in [2.75, 3.05) is 33.4 Å². The molecule has 0 bridgehead atoms. The molecule has 0 aliphatic carbocycles. The van der Waals surface area contributed by atoms with E-state index >= 15 is 0 Å². The highest BCUT2D eigenvalue weighted by Crippen LogP contribution is 2.42. The Morgan fingerprint density at radius 2 is 1.69 bits per heavy atom. The first-order chi connectivity index (χ1) is 17.0. The van der Waals surface area contributed by atoms with Gasteiger partial charge >= 0.3 is 0 Å². The second-order valence-electron chi connectivity index (χ2n) is 8.73. The van der Waals surface area contributed by atoms with Crippen LogP contribution in [0.25, 0.3) is 11.1 Å². The number of nitrogens with zero attached hydrogens (tertiary/aromatic N) is 1. The Kier molecular flexibility index (Phi) is 7.91. The van der Waals surface area contributed by atoms with E-state index in [0.717, 1.165) is 52.2 Å². The van der Waals surface area contributed by atoms with Crippen molar-refractivity contribution in [3.8, 4) is 28.4 Å². The topological polar surface area (TPSA) is 62.2 Å². The summed E-state index contributed by atoms with van der Waals surface area (Å²) < 4.78 is 11.0. The molecule has 3 aromatic carbocycles. The molecule has 2 N–H and O–H groups in total. The lowest BCUT2D eigenvalue weighted by molar-refractivity contribution is 0.0235. The molecule has 4 rings (SSSR count). The van der Waals surface area contributed by atoms with Crippen molar-refractivity contribution < 1.29 is 19.7 Å². The zero-order valence-electron chi connectivity index (χ0n) is 20.2. The fourth-order valence-corrected chi connectivity index (χ4v) is 4.71. The molecule has 5 heteroatoms. The second kappa shape index (κ2) is 11.3. The summed E-state index contributed by atoms with van der Waals surface area (Å²) in [6, 6.07) is 17.4. The minimum atomic E-state index is -0.155. The van der Waals surface area contributed by atoms with Gasteiger partial charge in [0.25, 0.3) is 0 Å². The van der Waals surface area contributed by atoms with Crippen LogP contribution < -0.4 is 4.74 Å². The van der Waals surface area contributed by atoms with Crippen molar-refractivity contribution >= 4 is 0 Å². The van der Waals surface area contributed by atoms with Gasteiger partial charge in [-0.25, -0.2) is 0 Å². The summed E-state index contributed by atoms with van der Waals surface area (Å²) >= 11 is 0. The van der Waals surface area contributed by atoms with Gasteiger partial charge in [-0.15, -0.1) is 13.2 Å². The molecule has 0 radical (unpaired) electrons. The Morgan fingerprint density at radius 1 is 0.971 bits per heavy atom. The summed E-state index contributed by atoms with van der Waals surface area (Å²) in [6.45, 7) is 10.5. The van der Waals surface area contributed by atoms with E-state index in [-0.39, 0.29) is 17.5 Å². The molecule has 3 aromatic rings. The fourth-order valence-electron chi connectivity index (χ4n) is 4.71. The summed E-state index contributed by atoms with van der Waals surface area (Å²) in [4.78, 5) is 2.35. The third-order valence-corrected chi connectivity index (χ3v) is 6.47. The van der Waals surface area contributed by atoms with Crippen LogP contribution >= 0.6 is 0 Å². The van der Waals surface area contributed by atoms with E-state index < -0.39 is 0 Å². The van der Waals surface area contributed by atoms with Crippen LogP contribution in [0.4, 0.5) is 0 Å². The maximum absolute atomic E-state index is 11.7. The van der Waals surface area contributed by atoms with Gasteiger partial charge in [-0.1, -0.05) is 30.4 Å². The Bertz CT molecular complexity index is 1180. The lowest BCUT2D eigenvalue weighted by Crippen LogP contribution is -2.39. The van der Waals surface area contributed by atoms with Gasteiger partial charge in [0.15, 0.2) is 0 Å². The number of hydrogen-bond acceptors (Lipinski definition) is 5. The van der Waals surface area contributed by atoms with Gasteiger partial charge in [0.2, 0.25) is 0 Å². The van der Waals surface area contributed by atoms with Crippen LogP contribution in [0.15, 0.2) is 79.9 Å². The van der Waals surface area contributed by atoms with E-state index in [1.807, 2.05) is 36.4 Å². The number of methoxy groups -OCH3 is 1. The second-order valence-corrected chi connectivity index (χ2v) is 8.73. The van der Waals surface area contributed by atoms with Crippen molar-refractivity contribution in [1.82, 2.24) is 4.90 Å². The van der Waals surface area contributed by atoms with Gasteiger partial charge in [0.05, 0.1) is 26.4 Å². The van der Waals surface area contributed by atoms with E-state index in [9.17, 15) is 10.2 Å². The lowest BCUT2D eigenvalue weighted by atomic mass is 9.89. The first-order valence-electron chi connectivity index (χ1n) is 11.9. The predicted molar refractivity (Wildman–Crippen MR) is 140 cm³/mol. The van der Waals surface area contributed by atoms with Crippen molar-refractivity contribution in [2.24, 2.45) is 0 Å². The molecule has 0 amide bonds. The normalized spacial score (nSPS) is 14.9. The molecule has 1 aliphatic heterocycles. The first-order valence-corrected chi connectivity index (χ1v) is 11.9. The molecule has 1 heterocycles. The van der Waals surface area contributed by atoms with Crippen molar-refractivity contribution in [3.05, 3.63) is 102 Å². The smallest absolute Gasteiger partial charge is 0.128 e. The molecule has 5 nitrogen and oxygen atoms in total. The Labute approximate surface area is 207 Å². The van der Waals surface area contributed by atoms with Crippen LogP contribution in [0.5, 0.6) is 17.2 Å². The number of ether oxygens (including phenoxy) is 2.